The predicted octanol–water partition coefficient (Wildman–Crippen LogP) is 4.31. The van der Waals surface area contributed by atoms with E-state index in [0.29, 0.717) is 11.1 Å². The lowest BCUT2D eigenvalue weighted by molar-refractivity contribution is -0.136. The normalized spacial score (nSPS) is 13.5. The van der Waals surface area contributed by atoms with Gasteiger partial charge in [0, 0.05) is 39.6 Å². The van der Waals surface area contributed by atoms with Crippen molar-refractivity contribution in [3.63, 3.8) is 0 Å². The molecule has 4 rings (SSSR count). The summed E-state index contributed by atoms with van der Waals surface area (Å²) in [6, 6.07) is 22.8. The van der Waals surface area contributed by atoms with Crippen LogP contribution in [-0.4, -0.2) is 52.0 Å². The molecular weight excluding hydrogens is 426 g/mol. The second kappa shape index (κ2) is 9.43. The average molecular weight is 456 g/mol. The molecule has 0 spiro atoms. The summed E-state index contributed by atoms with van der Waals surface area (Å²) < 4.78 is 5.22. The average Bonchev–Trinajstić information content (AvgIpc) is 3.09. The zero-order chi connectivity index (χ0) is 24.4. The Morgan fingerprint density at radius 1 is 0.647 bits per heavy atom. The zero-order valence-electron chi connectivity index (χ0n) is 20.2. The monoisotopic (exact) mass is 455 g/mol. The van der Waals surface area contributed by atoms with Gasteiger partial charge in [0.25, 0.3) is 11.8 Å². The summed E-state index contributed by atoms with van der Waals surface area (Å²) in [6.07, 6.45) is 0. The Hall–Kier alpha value is -4.06. The van der Waals surface area contributed by atoms with E-state index in [1.807, 2.05) is 111 Å². The predicted molar refractivity (Wildman–Crippen MR) is 137 cm³/mol. The molecule has 3 aromatic rings. The highest BCUT2D eigenvalue weighted by atomic mass is 16.5. The van der Waals surface area contributed by atoms with Gasteiger partial charge in [-0.1, -0.05) is 36.4 Å². The molecule has 1 aliphatic rings. The summed E-state index contributed by atoms with van der Waals surface area (Å²) in [4.78, 5) is 32.6. The highest BCUT2D eigenvalue weighted by Crippen LogP contribution is 2.37. The highest BCUT2D eigenvalue weighted by molar-refractivity contribution is 6.48. The number of amides is 2. The first-order chi connectivity index (χ1) is 16.3. The molecule has 1 aliphatic heterocycles. The number of ether oxygens (including phenoxy) is 1. The van der Waals surface area contributed by atoms with Crippen molar-refractivity contribution >= 4 is 34.3 Å². The fourth-order valence-electron chi connectivity index (χ4n) is 4.02. The molecule has 6 nitrogen and oxygen atoms in total. The number of hydrogen-bond donors (Lipinski definition) is 0. The van der Waals surface area contributed by atoms with E-state index in [4.69, 9.17) is 4.74 Å². The summed E-state index contributed by atoms with van der Waals surface area (Å²) in [5, 5.41) is 0. The molecule has 0 saturated heterocycles. The SMILES string of the molecule is COc1ccc(CN2C(=O)C(c3ccc(N(C)C)cc3)=C(c3ccc(N(C)C)cc3)C2=O)cc1. The van der Waals surface area contributed by atoms with Crippen molar-refractivity contribution in [2.24, 2.45) is 0 Å². The first-order valence-electron chi connectivity index (χ1n) is 11.1. The maximum absolute atomic E-state index is 13.6. The molecule has 0 aliphatic carbocycles. The first-order valence-corrected chi connectivity index (χ1v) is 11.1. The molecule has 174 valence electrons. The van der Waals surface area contributed by atoms with Gasteiger partial charge >= 0.3 is 0 Å². The number of imide groups is 1. The lowest BCUT2D eigenvalue weighted by atomic mass is 9.96. The third-order valence-corrected chi connectivity index (χ3v) is 6.01. The number of methoxy groups -OCH3 is 1. The number of rotatable bonds is 7. The van der Waals surface area contributed by atoms with Gasteiger partial charge in [-0.2, -0.15) is 0 Å². The van der Waals surface area contributed by atoms with Crippen LogP contribution in [0.2, 0.25) is 0 Å². The lowest BCUT2D eigenvalue weighted by Gasteiger charge is -2.16. The molecule has 1 heterocycles. The smallest absolute Gasteiger partial charge is 0.262 e. The minimum Gasteiger partial charge on any atom is -0.497 e. The molecule has 0 radical (unpaired) electrons. The molecular formula is C28H29N3O3. The lowest BCUT2D eigenvalue weighted by Crippen LogP contribution is -2.31. The number of hydrogen-bond acceptors (Lipinski definition) is 5. The number of anilines is 2. The van der Waals surface area contributed by atoms with E-state index in [1.165, 1.54) is 4.90 Å². The molecule has 34 heavy (non-hydrogen) atoms. The van der Waals surface area contributed by atoms with Crippen LogP contribution in [0.5, 0.6) is 5.75 Å². The summed E-state index contributed by atoms with van der Waals surface area (Å²) in [7, 11) is 9.47. The van der Waals surface area contributed by atoms with E-state index in [1.54, 1.807) is 7.11 Å². The Morgan fingerprint density at radius 3 is 1.41 bits per heavy atom. The zero-order valence-corrected chi connectivity index (χ0v) is 20.2. The van der Waals surface area contributed by atoms with Gasteiger partial charge in [0.1, 0.15) is 5.75 Å². The number of carbonyl (C=O) groups is 2. The fourth-order valence-corrected chi connectivity index (χ4v) is 4.02. The Kier molecular flexibility index (Phi) is 6.41. The van der Waals surface area contributed by atoms with Crippen molar-refractivity contribution in [3.05, 3.63) is 89.5 Å². The largest absolute Gasteiger partial charge is 0.497 e. The van der Waals surface area contributed by atoms with Gasteiger partial charge in [-0.15, -0.1) is 0 Å². The van der Waals surface area contributed by atoms with Gasteiger partial charge < -0.3 is 14.5 Å². The summed E-state index contributed by atoms with van der Waals surface area (Å²) in [5.41, 5.74) is 5.22. The highest BCUT2D eigenvalue weighted by Gasteiger charge is 2.39. The van der Waals surface area contributed by atoms with Crippen molar-refractivity contribution in [2.75, 3.05) is 45.1 Å². The molecule has 3 aromatic carbocycles. The van der Waals surface area contributed by atoms with Crippen molar-refractivity contribution in [2.45, 2.75) is 6.54 Å². The third-order valence-electron chi connectivity index (χ3n) is 6.01. The molecule has 0 unspecified atom stereocenters. The molecule has 0 saturated carbocycles. The quantitative estimate of drug-likeness (QED) is 0.497. The number of carbonyl (C=O) groups excluding carboxylic acids is 2. The number of benzene rings is 3. The van der Waals surface area contributed by atoms with Gasteiger partial charge in [-0.05, 0) is 53.1 Å². The van der Waals surface area contributed by atoms with E-state index in [-0.39, 0.29) is 18.4 Å². The van der Waals surface area contributed by atoms with E-state index in [9.17, 15) is 9.59 Å². The van der Waals surface area contributed by atoms with Gasteiger partial charge in [0.05, 0.1) is 24.8 Å². The van der Waals surface area contributed by atoms with Crippen LogP contribution in [0.3, 0.4) is 0 Å². The van der Waals surface area contributed by atoms with E-state index >= 15 is 0 Å². The van der Waals surface area contributed by atoms with Crippen LogP contribution in [-0.2, 0) is 16.1 Å². The van der Waals surface area contributed by atoms with Crippen molar-refractivity contribution < 1.29 is 14.3 Å². The Balaban J connectivity index is 1.76. The second-order valence-corrected chi connectivity index (χ2v) is 8.68. The van der Waals surface area contributed by atoms with E-state index < -0.39 is 0 Å². The Labute approximate surface area is 200 Å². The molecule has 0 N–H and O–H groups in total. The molecule has 0 bridgehead atoms. The molecule has 6 heteroatoms. The van der Waals surface area contributed by atoms with Crippen molar-refractivity contribution in [3.8, 4) is 5.75 Å². The van der Waals surface area contributed by atoms with Gasteiger partial charge in [0.15, 0.2) is 0 Å². The van der Waals surface area contributed by atoms with Gasteiger partial charge in [-0.25, -0.2) is 0 Å². The van der Waals surface area contributed by atoms with Crippen LogP contribution >= 0.6 is 0 Å². The van der Waals surface area contributed by atoms with Crippen LogP contribution in [0.1, 0.15) is 16.7 Å². The van der Waals surface area contributed by atoms with Crippen LogP contribution in [0.15, 0.2) is 72.8 Å². The van der Waals surface area contributed by atoms with Crippen LogP contribution < -0.4 is 14.5 Å². The number of nitrogens with zero attached hydrogens (tertiary/aromatic N) is 3. The molecule has 0 fully saturated rings. The van der Waals surface area contributed by atoms with Crippen molar-refractivity contribution in [1.29, 1.82) is 0 Å². The first kappa shape index (κ1) is 23.1. The second-order valence-electron chi connectivity index (χ2n) is 8.68. The third kappa shape index (κ3) is 4.39. The van der Waals surface area contributed by atoms with Crippen LogP contribution in [0, 0.1) is 0 Å². The summed E-state index contributed by atoms with van der Waals surface area (Å²) in [5.74, 6) is 0.152. The van der Waals surface area contributed by atoms with E-state index in [0.717, 1.165) is 33.8 Å². The fraction of sp³-hybridized carbons (Fsp3) is 0.214. The van der Waals surface area contributed by atoms with Gasteiger partial charge in [0.2, 0.25) is 0 Å². The van der Waals surface area contributed by atoms with Crippen LogP contribution in [0.25, 0.3) is 11.1 Å². The molecule has 0 atom stereocenters. The minimum absolute atomic E-state index is 0.195. The van der Waals surface area contributed by atoms with Crippen LogP contribution in [0.4, 0.5) is 11.4 Å². The van der Waals surface area contributed by atoms with Gasteiger partial charge in [-0.3, -0.25) is 14.5 Å². The maximum Gasteiger partial charge on any atom is 0.262 e. The molecule has 0 aromatic heterocycles. The Bertz CT molecular complexity index is 1150. The summed E-state index contributed by atoms with van der Waals surface area (Å²) >= 11 is 0. The minimum atomic E-state index is -0.287. The van der Waals surface area contributed by atoms with E-state index in [2.05, 4.69) is 0 Å². The molecule has 2 amide bonds. The summed E-state index contributed by atoms with van der Waals surface area (Å²) in [6.45, 7) is 0.195. The topological polar surface area (TPSA) is 53.1 Å². The standard InChI is InChI=1S/C28H29N3O3/c1-29(2)22-12-8-20(9-13-22)25-26(21-10-14-23(15-11-21)30(3)4)28(33)31(27(25)32)18-19-6-16-24(34-5)17-7-19/h6-17H,18H2,1-5H3. The van der Waals surface area contributed by atoms with Crippen molar-refractivity contribution in [1.82, 2.24) is 4.90 Å². The Morgan fingerprint density at radius 2 is 1.06 bits per heavy atom. The maximum atomic E-state index is 13.6.